The first kappa shape index (κ1) is 23.8. The number of amides is 2. The predicted molar refractivity (Wildman–Crippen MR) is 128 cm³/mol. The Hall–Kier alpha value is -3.35. The van der Waals surface area contributed by atoms with Gasteiger partial charge in [-0.05, 0) is 48.4 Å². The van der Waals surface area contributed by atoms with Crippen LogP contribution in [0, 0.1) is 5.92 Å². The summed E-state index contributed by atoms with van der Waals surface area (Å²) in [6, 6.07) is 15.4. The Kier molecular flexibility index (Phi) is 7.20. The molecule has 0 aliphatic heterocycles. The molecule has 0 radical (unpaired) electrons. The van der Waals surface area contributed by atoms with Gasteiger partial charge in [-0.2, -0.15) is 0 Å². The highest BCUT2D eigenvalue weighted by atomic mass is 16.5. The monoisotopic (exact) mass is 464 g/mol. The van der Waals surface area contributed by atoms with E-state index in [2.05, 4.69) is 29.6 Å². The number of benzene rings is 2. The summed E-state index contributed by atoms with van der Waals surface area (Å²) in [6.45, 7) is 3.99. The molecule has 2 aliphatic carbocycles. The normalized spacial score (nSPS) is 15.4. The lowest BCUT2D eigenvalue weighted by Gasteiger charge is -2.30. The molecule has 34 heavy (non-hydrogen) atoms. The molecule has 2 amide bonds. The maximum absolute atomic E-state index is 13.2. The number of carbonyl (C=O) groups excluding carboxylic acids is 2. The van der Waals surface area contributed by atoms with E-state index in [4.69, 9.17) is 9.84 Å². The number of fused-ring (bicyclic) bond motifs is 3. The third-order valence-electron chi connectivity index (χ3n) is 6.67. The van der Waals surface area contributed by atoms with Gasteiger partial charge < -0.3 is 20.1 Å². The lowest BCUT2D eigenvalue weighted by molar-refractivity contribution is -0.140. The first-order valence-electron chi connectivity index (χ1n) is 12.0. The quantitative estimate of drug-likeness (QED) is 0.543. The molecule has 1 unspecified atom stereocenters. The Morgan fingerprint density at radius 2 is 1.62 bits per heavy atom. The minimum absolute atomic E-state index is 0.0570. The number of hydrogen-bond donors (Lipinski definition) is 2. The fourth-order valence-corrected chi connectivity index (χ4v) is 4.73. The second kappa shape index (κ2) is 10.3. The molecule has 0 aromatic heterocycles. The molecule has 2 aliphatic rings. The van der Waals surface area contributed by atoms with Crippen molar-refractivity contribution in [3.05, 3.63) is 59.7 Å². The Balaban J connectivity index is 1.43. The zero-order valence-electron chi connectivity index (χ0n) is 19.7. The van der Waals surface area contributed by atoms with Gasteiger partial charge >= 0.3 is 12.1 Å². The van der Waals surface area contributed by atoms with Crippen LogP contribution in [0.3, 0.4) is 0 Å². The fraction of sp³-hybridized carbons (Fsp3) is 0.444. The first-order chi connectivity index (χ1) is 16.3. The van der Waals surface area contributed by atoms with Crippen LogP contribution in [-0.2, 0) is 14.3 Å². The molecule has 0 saturated heterocycles. The van der Waals surface area contributed by atoms with Crippen LogP contribution in [0.5, 0.6) is 0 Å². The highest BCUT2D eigenvalue weighted by Gasteiger charge is 2.35. The molecule has 2 aromatic rings. The van der Waals surface area contributed by atoms with E-state index in [1.807, 2.05) is 38.1 Å². The largest absolute Gasteiger partial charge is 0.481 e. The zero-order valence-corrected chi connectivity index (χ0v) is 19.7. The molecule has 4 rings (SSSR count). The van der Waals surface area contributed by atoms with Crippen LogP contribution < -0.4 is 5.32 Å². The lowest BCUT2D eigenvalue weighted by Crippen LogP contribution is -2.51. The van der Waals surface area contributed by atoms with Crippen LogP contribution in [0.1, 0.15) is 56.6 Å². The maximum atomic E-state index is 13.2. The molecule has 1 fully saturated rings. The van der Waals surface area contributed by atoms with Crippen molar-refractivity contribution in [2.75, 3.05) is 13.2 Å². The second-order valence-electron chi connectivity index (χ2n) is 9.47. The molecular formula is C27H32N2O5. The van der Waals surface area contributed by atoms with Crippen molar-refractivity contribution in [3.63, 3.8) is 0 Å². The van der Waals surface area contributed by atoms with Crippen LogP contribution in [0.25, 0.3) is 11.1 Å². The van der Waals surface area contributed by atoms with Crippen LogP contribution in [0.15, 0.2) is 48.5 Å². The molecular weight excluding hydrogens is 432 g/mol. The van der Waals surface area contributed by atoms with E-state index >= 15 is 0 Å². The summed E-state index contributed by atoms with van der Waals surface area (Å²) >= 11 is 0. The van der Waals surface area contributed by atoms with Crippen LogP contribution in [0.2, 0.25) is 0 Å². The lowest BCUT2D eigenvalue weighted by atomic mass is 9.98. The van der Waals surface area contributed by atoms with E-state index in [-0.39, 0.29) is 37.4 Å². The van der Waals surface area contributed by atoms with Crippen LogP contribution in [0.4, 0.5) is 4.79 Å². The number of ether oxygens (including phenoxy) is 1. The number of nitrogens with one attached hydrogen (secondary N) is 1. The third kappa shape index (κ3) is 5.41. The minimum atomic E-state index is -0.957. The van der Waals surface area contributed by atoms with E-state index in [1.165, 1.54) is 4.90 Å². The van der Waals surface area contributed by atoms with E-state index in [9.17, 15) is 14.4 Å². The van der Waals surface area contributed by atoms with Gasteiger partial charge in [0.15, 0.2) is 0 Å². The van der Waals surface area contributed by atoms with Crippen LogP contribution in [-0.4, -0.2) is 53.2 Å². The van der Waals surface area contributed by atoms with E-state index < -0.39 is 18.1 Å². The SMILES string of the molecule is CC(C)N(CCC(=O)O)C(=O)C(CC1CC1)NC(=O)OCC1c2ccccc2-c2ccccc21. The maximum Gasteiger partial charge on any atom is 0.407 e. The fourth-order valence-electron chi connectivity index (χ4n) is 4.73. The highest BCUT2D eigenvalue weighted by Crippen LogP contribution is 2.44. The van der Waals surface area contributed by atoms with Crippen molar-refractivity contribution in [2.24, 2.45) is 5.92 Å². The number of carboxylic acid groups (broad SMARTS) is 1. The second-order valence-corrected chi connectivity index (χ2v) is 9.47. The number of nitrogens with zero attached hydrogens (tertiary/aromatic N) is 1. The topological polar surface area (TPSA) is 95.9 Å². The van der Waals surface area contributed by atoms with Gasteiger partial charge in [0.05, 0.1) is 6.42 Å². The number of carboxylic acids is 1. The number of alkyl carbamates (subject to hydrolysis) is 1. The van der Waals surface area contributed by atoms with Gasteiger partial charge in [-0.15, -0.1) is 0 Å². The van der Waals surface area contributed by atoms with Gasteiger partial charge in [-0.25, -0.2) is 4.79 Å². The van der Waals surface area contributed by atoms with Gasteiger partial charge in [-0.1, -0.05) is 61.4 Å². The Labute approximate surface area is 200 Å². The smallest absolute Gasteiger partial charge is 0.407 e. The van der Waals surface area contributed by atoms with Crippen molar-refractivity contribution >= 4 is 18.0 Å². The van der Waals surface area contributed by atoms with Crippen molar-refractivity contribution < 1.29 is 24.2 Å². The molecule has 1 atom stereocenters. The number of aliphatic carboxylic acids is 1. The Morgan fingerprint density at radius 3 is 2.15 bits per heavy atom. The number of carbonyl (C=O) groups is 3. The summed E-state index contributed by atoms with van der Waals surface area (Å²) < 4.78 is 5.65. The molecule has 7 nitrogen and oxygen atoms in total. The number of hydrogen-bond acceptors (Lipinski definition) is 4. The summed E-state index contributed by atoms with van der Waals surface area (Å²) in [6.07, 6.45) is 1.85. The molecule has 2 aromatic carbocycles. The molecule has 7 heteroatoms. The Morgan fingerprint density at radius 1 is 1.03 bits per heavy atom. The molecule has 2 N–H and O–H groups in total. The summed E-state index contributed by atoms with van der Waals surface area (Å²) in [4.78, 5) is 38.6. The van der Waals surface area contributed by atoms with E-state index in [0.29, 0.717) is 12.3 Å². The van der Waals surface area contributed by atoms with Gasteiger partial charge in [-0.3, -0.25) is 9.59 Å². The summed E-state index contributed by atoms with van der Waals surface area (Å²) in [5.74, 6) is -0.867. The first-order valence-corrected chi connectivity index (χ1v) is 12.0. The average molecular weight is 465 g/mol. The summed E-state index contributed by atoms with van der Waals surface area (Å²) in [5, 5.41) is 11.8. The minimum Gasteiger partial charge on any atom is -0.481 e. The van der Waals surface area contributed by atoms with Gasteiger partial charge in [0.2, 0.25) is 5.91 Å². The van der Waals surface area contributed by atoms with Crippen molar-refractivity contribution in [2.45, 2.75) is 57.5 Å². The number of rotatable bonds is 10. The molecule has 180 valence electrons. The molecule has 1 saturated carbocycles. The average Bonchev–Trinajstić information content (AvgIpc) is 3.57. The van der Waals surface area contributed by atoms with Gasteiger partial charge in [0.1, 0.15) is 12.6 Å². The molecule has 0 bridgehead atoms. The predicted octanol–water partition coefficient (Wildman–Crippen LogP) is 4.41. The zero-order chi connectivity index (χ0) is 24.2. The van der Waals surface area contributed by atoms with E-state index in [1.54, 1.807) is 0 Å². The van der Waals surface area contributed by atoms with Gasteiger partial charge in [0.25, 0.3) is 0 Å². The van der Waals surface area contributed by atoms with E-state index in [0.717, 1.165) is 35.1 Å². The molecule has 0 spiro atoms. The van der Waals surface area contributed by atoms with Gasteiger partial charge in [0, 0.05) is 18.5 Å². The standard InChI is InChI=1S/C27H32N2O5/c1-17(2)29(14-13-25(30)31)26(32)24(15-18-11-12-18)28-27(33)34-16-23-21-9-5-3-7-19(21)20-8-4-6-10-22(20)23/h3-10,17-18,23-24H,11-16H2,1-2H3,(H,28,33)(H,30,31). The van der Waals surface area contributed by atoms with Crippen molar-refractivity contribution in [3.8, 4) is 11.1 Å². The van der Waals surface area contributed by atoms with Crippen molar-refractivity contribution in [1.29, 1.82) is 0 Å². The third-order valence-corrected chi connectivity index (χ3v) is 6.67. The Bertz CT molecular complexity index is 1020. The van der Waals surface area contributed by atoms with Crippen molar-refractivity contribution in [1.82, 2.24) is 10.2 Å². The summed E-state index contributed by atoms with van der Waals surface area (Å²) in [7, 11) is 0. The molecule has 0 heterocycles. The van der Waals surface area contributed by atoms with Crippen LogP contribution >= 0.6 is 0 Å². The summed E-state index contributed by atoms with van der Waals surface area (Å²) in [5.41, 5.74) is 4.56. The highest BCUT2D eigenvalue weighted by molar-refractivity contribution is 5.86.